The maximum Gasteiger partial charge on any atom is 0.281 e. The Hall–Kier alpha value is -2.05. The molecule has 0 aliphatic rings. The van der Waals surface area contributed by atoms with Crippen molar-refractivity contribution in [2.45, 2.75) is 6.42 Å². The molecule has 0 aromatic rings. The number of hydrogen-bond acceptors (Lipinski definition) is 3. The Balaban J connectivity index is 5.16. The minimum atomic E-state index is -0.935. The van der Waals surface area contributed by atoms with Gasteiger partial charge in [0.2, 0.25) is 5.91 Å². The lowest BCUT2D eigenvalue weighted by atomic mass is 10.1. The van der Waals surface area contributed by atoms with Crippen molar-refractivity contribution in [3.8, 4) is 0 Å². The second kappa shape index (κ2) is 4.85. The Labute approximate surface area is 80.3 Å². The van der Waals surface area contributed by atoms with Crippen LogP contribution in [0.3, 0.4) is 0 Å². The summed E-state index contributed by atoms with van der Waals surface area (Å²) in [5.74, 6) is -2.38. The third-order valence-corrected chi connectivity index (χ3v) is 1.42. The molecule has 0 rings (SSSR count). The van der Waals surface area contributed by atoms with Gasteiger partial charge in [-0.15, -0.1) is 0 Å². The molecule has 0 bridgehead atoms. The van der Waals surface area contributed by atoms with Gasteiger partial charge in [-0.25, -0.2) is 0 Å². The van der Waals surface area contributed by atoms with Crippen LogP contribution in [0, 0.1) is 0 Å². The zero-order valence-electron chi connectivity index (χ0n) is 7.70. The number of primary amides is 2. The van der Waals surface area contributed by atoms with Gasteiger partial charge >= 0.3 is 0 Å². The normalized spacial score (nSPS) is 13.4. The summed E-state index contributed by atoms with van der Waals surface area (Å²) < 4.78 is 0. The lowest BCUT2D eigenvalue weighted by molar-refractivity contribution is -0.420. The molecule has 0 saturated heterocycles. The molecule has 0 unspecified atom stereocenters. The van der Waals surface area contributed by atoms with Crippen LogP contribution in [0.25, 0.3) is 0 Å². The van der Waals surface area contributed by atoms with E-state index >= 15 is 0 Å². The van der Waals surface area contributed by atoms with Crippen LogP contribution in [-0.4, -0.2) is 29.8 Å². The fourth-order valence-corrected chi connectivity index (χ4v) is 0.809. The molecule has 0 aromatic carbocycles. The molecule has 0 aliphatic heterocycles. The molecule has 0 fully saturated rings. The van der Waals surface area contributed by atoms with E-state index in [-0.39, 0.29) is 11.4 Å². The standard InChI is InChI=1S/C7H12N4O3/c1-11-6(9)5(7(10)14)3(12)2-4(8)13/h12H,2H2,1H3,(H2,8,13)(H2,9,11)(H2,10,14)/p+1/b5-3+. The topological polar surface area (TPSA) is 146 Å². The molecule has 8 N–H and O–H groups in total. The van der Waals surface area contributed by atoms with E-state index in [0.717, 1.165) is 0 Å². The number of hydrogen-bond donors (Lipinski definition) is 5. The maximum atomic E-state index is 10.8. The van der Waals surface area contributed by atoms with E-state index in [2.05, 4.69) is 4.99 Å². The number of nitrogens with two attached hydrogens (primary N) is 3. The second-order valence-electron chi connectivity index (χ2n) is 2.49. The third kappa shape index (κ3) is 3.13. The van der Waals surface area contributed by atoms with Crippen LogP contribution in [0.4, 0.5) is 0 Å². The fourth-order valence-electron chi connectivity index (χ4n) is 0.809. The first kappa shape index (κ1) is 11.9. The van der Waals surface area contributed by atoms with Crippen molar-refractivity contribution in [2.75, 3.05) is 7.05 Å². The van der Waals surface area contributed by atoms with E-state index < -0.39 is 24.0 Å². The Bertz CT molecular complexity index is 319. The molecule has 7 heteroatoms. The Kier molecular flexibility index (Phi) is 4.14. The molecule has 0 aromatic heterocycles. The van der Waals surface area contributed by atoms with Crippen LogP contribution in [0.1, 0.15) is 6.42 Å². The van der Waals surface area contributed by atoms with Gasteiger partial charge < -0.3 is 16.6 Å². The summed E-state index contributed by atoms with van der Waals surface area (Å²) in [6, 6.07) is 0. The van der Waals surface area contributed by atoms with Crippen LogP contribution < -0.4 is 22.2 Å². The average Bonchev–Trinajstić information content (AvgIpc) is 2.01. The van der Waals surface area contributed by atoms with Gasteiger partial charge in [-0.3, -0.25) is 20.3 Å². The monoisotopic (exact) mass is 201 g/mol. The van der Waals surface area contributed by atoms with Gasteiger partial charge in [-0.05, 0) is 0 Å². The minimum Gasteiger partial charge on any atom is -0.511 e. The summed E-state index contributed by atoms with van der Waals surface area (Å²) in [7, 11) is 1.44. The first-order chi connectivity index (χ1) is 6.40. The van der Waals surface area contributed by atoms with Gasteiger partial charge in [-0.1, -0.05) is 0 Å². The molecule has 78 valence electrons. The highest BCUT2D eigenvalue weighted by Gasteiger charge is 2.21. The minimum absolute atomic E-state index is 0.115. The third-order valence-electron chi connectivity index (χ3n) is 1.42. The predicted molar refractivity (Wildman–Crippen MR) is 48.7 cm³/mol. The number of aliphatic hydroxyl groups is 1. The van der Waals surface area contributed by atoms with Crippen LogP contribution >= 0.6 is 0 Å². The van der Waals surface area contributed by atoms with Gasteiger partial charge in [0.25, 0.3) is 11.7 Å². The van der Waals surface area contributed by atoms with E-state index in [4.69, 9.17) is 17.2 Å². The van der Waals surface area contributed by atoms with Gasteiger partial charge in [0.15, 0.2) is 5.57 Å². The SMILES string of the molecule is C[NH+]=C(N)/C(C(N)=O)=C(\O)CC(N)=O. The van der Waals surface area contributed by atoms with Crippen molar-refractivity contribution >= 4 is 17.6 Å². The van der Waals surface area contributed by atoms with Crippen LogP contribution in [0.5, 0.6) is 0 Å². The Morgan fingerprint density at radius 2 is 1.79 bits per heavy atom. The Morgan fingerprint density at radius 3 is 2.07 bits per heavy atom. The van der Waals surface area contributed by atoms with Crippen molar-refractivity contribution in [3.63, 3.8) is 0 Å². The highest BCUT2D eigenvalue weighted by Crippen LogP contribution is 2.03. The number of rotatable bonds is 4. The molecule has 0 atom stereocenters. The highest BCUT2D eigenvalue weighted by atomic mass is 16.3. The van der Waals surface area contributed by atoms with Gasteiger partial charge in [0.1, 0.15) is 5.76 Å². The number of carbonyl (C=O) groups is 2. The van der Waals surface area contributed by atoms with Gasteiger partial charge in [0.05, 0.1) is 13.5 Å². The zero-order valence-corrected chi connectivity index (χ0v) is 7.70. The number of amides is 2. The molecule has 2 amide bonds. The van der Waals surface area contributed by atoms with E-state index in [0.29, 0.717) is 0 Å². The van der Waals surface area contributed by atoms with Crippen LogP contribution in [0.15, 0.2) is 11.3 Å². The van der Waals surface area contributed by atoms with Crippen LogP contribution in [-0.2, 0) is 9.59 Å². The molecule has 0 radical (unpaired) electrons. The summed E-state index contributed by atoms with van der Waals surface area (Å²) >= 11 is 0. The smallest absolute Gasteiger partial charge is 0.281 e. The summed E-state index contributed by atoms with van der Waals surface area (Å²) in [6.45, 7) is 0. The van der Waals surface area contributed by atoms with E-state index in [9.17, 15) is 14.7 Å². The summed E-state index contributed by atoms with van der Waals surface area (Å²) in [5, 5.41) is 9.29. The molecule has 0 aliphatic carbocycles. The molecule has 0 heterocycles. The van der Waals surface area contributed by atoms with E-state index in [1.54, 1.807) is 0 Å². The zero-order chi connectivity index (χ0) is 11.3. The molecule has 14 heavy (non-hydrogen) atoms. The van der Waals surface area contributed by atoms with E-state index in [1.807, 2.05) is 0 Å². The van der Waals surface area contributed by atoms with Gasteiger partial charge in [0, 0.05) is 0 Å². The van der Waals surface area contributed by atoms with Crippen molar-refractivity contribution in [1.29, 1.82) is 0 Å². The molecular weight excluding hydrogens is 188 g/mol. The Morgan fingerprint density at radius 1 is 1.29 bits per heavy atom. The molecular formula is C7H13N4O3+. The largest absolute Gasteiger partial charge is 0.511 e. The number of nitrogens with one attached hydrogen (secondary N) is 1. The quantitative estimate of drug-likeness (QED) is 0.137. The second-order valence-corrected chi connectivity index (χ2v) is 2.49. The maximum absolute atomic E-state index is 10.8. The summed E-state index contributed by atoms with van der Waals surface area (Å²) in [5.41, 5.74) is 14.8. The average molecular weight is 201 g/mol. The summed E-state index contributed by atoms with van der Waals surface area (Å²) in [4.78, 5) is 23.7. The van der Waals surface area contributed by atoms with Crippen molar-refractivity contribution < 1.29 is 19.7 Å². The highest BCUT2D eigenvalue weighted by molar-refractivity contribution is 6.18. The van der Waals surface area contributed by atoms with Gasteiger partial charge in [-0.2, -0.15) is 0 Å². The molecule has 7 nitrogen and oxygen atoms in total. The lowest BCUT2D eigenvalue weighted by Gasteiger charge is -2.01. The van der Waals surface area contributed by atoms with Crippen molar-refractivity contribution in [3.05, 3.63) is 11.3 Å². The summed E-state index contributed by atoms with van der Waals surface area (Å²) in [6.07, 6.45) is -0.485. The lowest BCUT2D eigenvalue weighted by Crippen LogP contribution is -2.72. The van der Waals surface area contributed by atoms with Crippen LogP contribution in [0.2, 0.25) is 0 Å². The van der Waals surface area contributed by atoms with Crippen molar-refractivity contribution in [2.24, 2.45) is 17.2 Å². The first-order valence-electron chi connectivity index (χ1n) is 3.70. The first-order valence-corrected chi connectivity index (χ1v) is 3.70. The number of amidine groups is 1. The number of aliphatic hydroxyl groups excluding tert-OH is 1. The molecule has 0 spiro atoms. The molecule has 0 saturated carbocycles. The number of carbonyl (C=O) groups excluding carboxylic acids is 2. The van der Waals surface area contributed by atoms with E-state index in [1.165, 1.54) is 7.05 Å². The van der Waals surface area contributed by atoms with Crippen molar-refractivity contribution in [1.82, 2.24) is 0 Å². The predicted octanol–water partition coefficient (Wildman–Crippen LogP) is -3.77. The fraction of sp³-hybridized carbons (Fsp3) is 0.286.